The molecule has 0 spiro atoms. The van der Waals surface area contributed by atoms with Crippen molar-refractivity contribution >= 4 is 36.4 Å². The van der Waals surface area contributed by atoms with E-state index in [9.17, 15) is 4.79 Å². The van der Waals surface area contributed by atoms with Gasteiger partial charge in [-0.25, -0.2) is 0 Å². The normalized spacial score (nSPS) is 17.4. The zero-order valence-electron chi connectivity index (χ0n) is 13.6. The second-order valence-corrected chi connectivity index (χ2v) is 6.14. The molecule has 2 aliphatic rings. The van der Waals surface area contributed by atoms with Gasteiger partial charge >= 0.3 is 0 Å². The van der Waals surface area contributed by atoms with Gasteiger partial charge in [-0.15, -0.1) is 24.8 Å². The number of nitrogens with zero attached hydrogens (tertiary/aromatic N) is 1. The minimum atomic E-state index is 0. The largest absolute Gasteiger partial charge is 0.384 e. The third-order valence-corrected chi connectivity index (χ3v) is 4.54. The number of benzene rings is 1. The molecular formula is C17H27Cl2N3O. The van der Waals surface area contributed by atoms with E-state index in [2.05, 4.69) is 22.5 Å². The van der Waals surface area contributed by atoms with Gasteiger partial charge in [0.05, 0.1) is 0 Å². The van der Waals surface area contributed by atoms with Crippen LogP contribution in [0.4, 0.5) is 5.69 Å². The van der Waals surface area contributed by atoms with Crippen LogP contribution >= 0.6 is 24.8 Å². The number of likely N-dealkylation sites (tertiary alicyclic amines) is 1. The highest BCUT2D eigenvalue weighted by Crippen LogP contribution is 2.23. The SMILES string of the molecule is CCCN1CCC(NC(=O)c2ccc3c(c2)CCN3)CC1.Cl.Cl. The average Bonchev–Trinajstić information content (AvgIpc) is 2.97. The molecular weight excluding hydrogens is 333 g/mol. The summed E-state index contributed by atoms with van der Waals surface area (Å²) in [6.07, 6.45) is 4.36. The van der Waals surface area contributed by atoms with Crippen LogP contribution in [0.2, 0.25) is 0 Å². The van der Waals surface area contributed by atoms with Crippen LogP contribution < -0.4 is 10.6 Å². The van der Waals surface area contributed by atoms with Gasteiger partial charge in [-0.1, -0.05) is 6.92 Å². The van der Waals surface area contributed by atoms with Crippen molar-refractivity contribution < 1.29 is 4.79 Å². The highest BCUT2D eigenvalue weighted by molar-refractivity contribution is 5.95. The number of nitrogens with one attached hydrogen (secondary N) is 2. The highest BCUT2D eigenvalue weighted by atomic mass is 35.5. The molecule has 0 radical (unpaired) electrons. The maximum absolute atomic E-state index is 12.4. The van der Waals surface area contributed by atoms with Crippen molar-refractivity contribution in [3.8, 4) is 0 Å². The van der Waals surface area contributed by atoms with Crippen LogP contribution in [-0.4, -0.2) is 43.0 Å². The van der Waals surface area contributed by atoms with Gasteiger partial charge in [0.2, 0.25) is 0 Å². The second-order valence-electron chi connectivity index (χ2n) is 6.14. The van der Waals surface area contributed by atoms with Crippen LogP contribution in [-0.2, 0) is 6.42 Å². The Hall–Kier alpha value is -0.970. The zero-order chi connectivity index (χ0) is 14.7. The number of halogens is 2. The molecule has 1 aromatic rings. The lowest BCUT2D eigenvalue weighted by Gasteiger charge is -2.32. The molecule has 2 heterocycles. The van der Waals surface area contributed by atoms with Gasteiger partial charge in [-0.3, -0.25) is 4.79 Å². The van der Waals surface area contributed by atoms with Crippen LogP contribution in [0.5, 0.6) is 0 Å². The molecule has 6 heteroatoms. The van der Waals surface area contributed by atoms with Crippen molar-refractivity contribution in [1.29, 1.82) is 0 Å². The van der Waals surface area contributed by atoms with Crippen LogP contribution in [0.15, 0.2) is 18.2 Å². The summed E-state index contributed by atoms with van der Waals surface area (Å²) >= 11 is 0. The first kappa shape index (κ1) is 20.1. The Balaban J connectivity index is 0.00000132. The number of rotatable bonds is 4. The molecule has 2 aliphatic heterocycles. The topological polar surface area (TPSA) is 44.4 Å². The third-order valence-electron chi connectivity index (χ3n) is 4.54. The van der Waals surface area contributed by atoms with E-state index in [1.54, 1.807) is 0 Å². The van der Waals surface area contributed by atoms with Crippen molar-refractivity contribution in [3.63, 3.8) is 0 Å². The van der Waals surface area contributed by atoms with Crippen molar-refractivity contribution in [3.05, 3.63) is 29.3 Å². The molecule has 0 bridgehead atoms. The fourth-order valence-electron chi connectivity index (χ4n) is 3.33. The zero-order valence-corrected chi connectivity index (χ0v) is 15.3. The number of carbonyl (C=O) groups excluding carboxylic acids is 1. The highest BCUT2D eigenvalue weighted by Gasteiger charge is 2.21. The van der Waals surface area contributed by atoms with Crippen molar-refractivity contribution in [2.45, 2.75) is 38.6 Å². The van der Waals surface area contributed by atoms with E-state index in [1.807, 2.05) is 18.2 Å². The van der Waals surface area contributed by atoms with E-state index < -0.39 is 0 Å². The Bertz CT molecular complexity index is 517. The van der Waals surface area contributed by atoms with Gasteiger partial charge in [-0.05, 0) is 56.0 Å². The van der Waals surface area contributed by atoms with Gasteiger partial charge in [0.15, 0.2) is 0 Å². The van der Waals surface area contributed by atoms with Crippen molar-refractivity contribution in [2.24, 2.45) is 0 Å². The second kappa shape index (κ2) is 9.36. The van der Waals surface area contributed by atoms with Crippen LogP contribution in [0.25, 0.3) is 0 Å². The molecule has 0 atom stereocenters. The fraction of sp³-hybridized carbons (Fsp3) is 0.588. The lowest BCUT2D eigenvalue weighted by Crippen LogP contribution is -2.44. The molecule has 1 aromatic carbocycles. The number of fused-ring (bicyclic) bond motifs is 1. The summed E-state index contributed by atoms with van der Waals surface area (Å²) in [4.78, 5) is 14.9. The Morgan fingerprint density at radius 1 is 1.30 bits per heavy atom. The first-order valence-corrected chi connectivity index (χ1v) is 8.16. The number of amides is 1. The van der Waals surface area contributed by atoms with Gasteiger partial charge < -0.3 is 15.5 Å². The van der Waals surface area contributed by atoms with Gasteiger partial charge in [0.1, 0.15) is 0 Å². The monoisotopic (exact) mass is 359 g/mol. The van der Waals surface area contributed by atoms with E-state index in [0.717, 1.165) is 44.5 Å². The molecule has 0 saturated carbocycles. The predicted molar refractivity (Wildman–Crippen MR) is 100 cm³/mol. The minimum absolute atomic E-state index is 0. The third kappa shape index (κ3) is 5.00. The number of hydrogen-bond donors (Lipinski definition) is 2. The maximum Gasteiger partial charge on any atom is 0.251 e. The molecule has 1 amide bonds. The lowest BCUT2D eigenvalue weighted by atomic mass is 10.0. The Morgan fingerprint density at radius 3 is 2.74 bits per heavy atom. The molecule has 0 aliphatic carbocycles. The molecule has 0 unspecified atom stereocenters. The molecule has 1 fully saturated rings. The summed E-state index contributed by atoms with van der Waals surface area (Å²) in [5, 5.41) is 6.53. The Morgan fingerprint density at radius 2 is 2.04 bits per heavy atom. The summed E-state index contributed by atoms with van der Waals surface area (Å²) in [6.45, 7) is 6.59. The van der Waals surface area contributed by atoms with Crippen molar-refractivity contribution in [2.75, 3.05) is 31.5 Å². The van der Waals surface area contributed by atoms with Crippen molar-refractivity contribution in [1.82, 2.24) is 10.2 Å². The smallest absolute Gasteiger partial charge is 0.251 e. The first-order valence-electron chi connectivity index (χ1n) is 8.16. The van der Waals surface area contributed by atoms with Gasteiger partial charge in [-0.2, -0.15) is 0 Å². The van der Waals surface area contributed by atoms with E-state index in [-0.39, 0.29) is 30.7 Å². The van der Waals surface area contributed by atoms with Crippen LogP contribution in [0.1, 0.15) is 42.1 Å². The number of anilines is 1. The number of hydrogen-bond acceptors (Lipinski definition) is 3. The molecule has 0 aromatic heterocycles. The predicted octanol–water partition coefficient (Wildman–Crippen LogP) is 3.10. The Kier molecular flexibility index (Phi) is 8.17. The molecule has 4 nitrogen and oxygen atoms in total. The Labute approximate surface area is 151 Å². The molecule has 1 saturated heterocycles. The van der Waals surface area contributed by atoms with Gasteiger partial charge in [0.25, 0.3) is 5.91 Å². The quantitative estimate of drug-likeness (QED) is 0.867. The molecule has 2 N–H and O–H groups in total. The summed E-state index contributed by atoms with van der Waals surface area (Å²) in [5.74, 6) is 0.0821. The minimum Gasteiger partial charge on any atom is -0.384 e. The fourth-order valence-corrected chi connectivity index (χ4v) is 3.33. The molecule has 23 heavy (non-hydrogen) atoms. The molecule has 130 valence electrons. The van der Waals surface area contributed by atoms with E-state index in [1.165, 1.54) is 24.2 Å². The van der Waals surface area contributed by atoms with Gasteiger partial charge in [0, 0.05) is 36.9 Å². The standard InChI is InChI=1S/C17H25N3O.2ClH/c1-2-9-20-10-6-15(7-11-20)19-17(21)14-3-4-16-13(12-14)5-8-18-16;;/h3-4,12,15,18H,2,5-11H2,1H3,(H,19,21);2*1H. The summed E-state index contributed by atoms with van der Waals surface area (Å²) in [5.41, 5.74) is 3.24. The first-order chi connectivity index (χ1) is 10.3. The lowest BCUT2D eigenvalue weighted by molar-refractivity contribution is 0.0911. The number of carbonyl (C=O) groups is 1. The summed E-state index contributed by atoms with van der Waals surface area (Å²) in [6, 6.07) is 6.33. The summed E-state index contributed by atoms with van der Waals surface area (Å²) < 4.78 is 0. The average molecular weight is 360 g/mol. The van der Waals surface area contributed by atoms with Crippen LogP contribution in [0, 0.1) is 0 Å². The number of piperidine rings is 1. The van der Waals surface area contributed by atoms with E-state index >= 15 is 0 Å². The maximum atomic E-state index is 12.4. The molecule has 3 rings (SSSR count). The van der Waals surface area contributed by atoms with E-state index in [4.69, 9.17) is 0 Å². The van der Waals surface area contributed by atoms with Crippen LogP contribution in [0.3, 0.4) is 0 Å². The summed E-state index contributed by atoms with van der Waals surface area (Å²) in [7, 11) is 0. The van der Waals surface area contributed by atoms with E-state index in [0.29, 0.717) is 6.04 Å².